The van der Waals surface area contributed by atoms with E-state index < -0.39 is 11.9 Å². The molecule has 1 aliphatic rings. The lowest BCUT2D eigenvalue weighted by Gasteiger charge is -1.96. The van der Waals surface area contributed by atoms with Gasteiger partial charge in [0.25, 0.3) is 0 Å². The molecule has 0 aliphatic carbocycles. The van der Waals surface area contributed by atoms with Crippen LogP contribution < -0.4 is 0 Å². The van der Waals surface area contributed by atoms with Crippen LogP contribution in [0.15, 0.2) is 0 Å². The van der Waals surface area contributed by atoms with Gasteiger partial charge in [-0.05, 0) is 0 Å². The van der Waals surface area contributed by atoms with Gasteiger partial charge in [0.05, 0.1) is 11.8 Å². The topological polar surface area (TPSA) is 43.4 Å². The van der Waals surface area contributed by atoms with Crippen molar-refractivity contribution in [3.8, 4) is 0 Å². The van der Waals surface area contributed by atoms with E-state index in [-0.39, 0.29) is 11.8 Å². The van der Waals surface area contributed by atoms with Crippen molar-refractivity contribution in [2.45, 2.75) is 13.8 Å². The van der Waals surface area contributed by atoms with Crippen LogP contribution in [-0.4, -0.2) is 11.9 Å². The molecule has 2 atom stereocenters. The molecule has 3 heteroatoms. The second-order valence-corrected chi connectivity index (χ2v) is 2.32. The summed E-state index contributed by atoms with van der Waals surface area (Å²) in [5, 5.41) is 0. The summed E-state index contributed by atoms with van der Waals surface area (Å²) in [5.41, 5.74) is 0. The smallest absolute Gasteiger partial charge is 0.317 e. The highest BCUT2D eigenvalue weighted by atomic mass is 16.6. The van der Waals surface area contributed by atoms with E-state index in [1.165, 1.54) is 0 Å². The van der Waals surface area contributed by atoms with Gasteiger partial charge in [-0.25, -0.2) is 0 Å². The highest BCUT2D eigenvalue weighted by Crippen LogP contribution is 2.21. The van der Waals surface area contributed by atoms with Crippen LogP contribution in [0, 0.1) is 11.8 Å². The van der Waals surface area contributed by atoms with Crippen molar-refractivity contribution in [1.29, 1.82) is 0 Å². The monoisotopic (exact) mass is 128 g/mol. The minimum atomic E-state index is -0.396. The number of esters is 2. The molecule has 0 amide bonds. The van der Waals surface area contributed by atoms with Gasteiger partial charge in [-0.15, -0.1) is 0 Å². The van der Waals surface area contributed by atoms with Crippen LogP contribution >= 0.6 is 0 Å². The highest BCUT2D eigenvalue weighted by Gasteiger charge is 2.37. The summed E-state index contributed by atoms with van der Waals surface area (Å²) < 4.78 is 4.31. The van der Waals surface area contributed by atoms with Crippen molar-refractivity contribution >= 4 is 11.9 Å². The summed E-state index contributed by atoms with van der Waals surface area (Å²) in [5.74, 6) is -1.30. The molecule has 0 N–H and O–H groups in total. The van der Waals surface area contributed by atoms with Crippen molar-refractivity contribution < 1.29 is 14.3 Å². The Balaban J connectivity index is 2.77. The molecular formula is C6H8O3. The average molecular weight is 128 g/mol. The Morgan fingerprint density at radius 1 is 1.11 bits per heavy atom. The number of cyclic esters (lactones) is 2. The molecule has 1 aliphatic heterocycles. The molecule has 50 valence electrons. The third kappa shape index (κ3) is 0.823. The molecule has 0 spiro atoms. The molecule has 0 bridgehead atoms. The molecule has 0 radical (unpaired) electrons. The van der Waals surface area contributed by atoms with Gasteiger partial charge < -0.3 is 4.74 Å². The first kappa shape index (κ1) is 6.26. The fraction of sp³-hybridized carbons (Fsp3) is 0.667. The zero-order valence-corrected chi connectivity index (χ0v) is 5.38. The first-order chi connectivity index (χ1) is 4.13. The van der Waals surface area contributed by atoms with Gasteiger partial charge in [0.15, 0.2) is 0 Å². The quantitative estimate of drug-likeness (QED) is 0.349. The number of rotatable bonds is 0. The van der Waals surface area contributed by atoms with Crippen LogP contribution in [0.25, 0.3) is 0 Å². The Kier molecular flexibility index (Phi) is 1.27. The second-order valence-electron chi connectivity index (χ2n) is 2.32. The third-order valence-electron chi connectivity index (χ3n) is 1.69. The van der Waals surface area contributed by atoms with Gasteiger partial charge in [-0.3, -0.25) is 9.59 Å². The van der Waals surface area contributed by atoms with Gasteiger partial charge in [0, 0.05) is 0 Å². The first-order valence-corrected chi connectivity index (χ1v) is 2.88. The Morgan fingerprint density at radius 3 is 1.56 bits per heavy atom. The normalized spacial score (nSPS) is 34.9. The molecule has 0 aromatic rings. The lowest BCUT2D eigenvalue weighted by Crippen LogP contribution is -2.09. The van der Waals surface area contributed by atoms with E-state index in [4.69, 9.17) is 0 Å². The number of ether oxygens (including phenoxy) is 1. The maximum atomic E-state index is 10.6. The molecule has 0 aromatic heterocycles. The molecule has 1 saturated heterocycles. The van der Waals surface area contributed by atoms with E-state index in [0.29, 0.717) is 0 Å². The molecular weight excluding hydrogens is 120 g/mol. The minimum absolute atomic E-state index is 0.252. The average Bonchev–Trinajstić information content (AvgIpc) is 1.98. The van der Waals surface area contributed by atoms with E-state index in [9.17, 15) is 9.59 Å². The number of hydrogen-bond donors (Lipinski definition) is 0. The van der Waals surface area contributed by atoms with Crippen LogP contribution in [0.5, 0.6) is 0 Å². The number of carbonyl (C=O) groups excluding carboxylic acids is 2. The largest absolute Gasteiger partial charge is 0.393 e. The minimum Gasteiger partial charge on any atom is -0.393 e. The van der Waals surface area contributed by atoms with Crippen LogP contribution in [0.3, 0.4) is 0 Å². The molecule has 1 fully saturated rings. The van der Waals surface area contributed by atoms with Gasteiger partial charge in [0.1, 0.15) is 0 Å². The molecule has 3 nitrogen and oxygen atoms in total. The van der Waals surface area contributed by atoms with Gasteiger partial charge in [-0.1, -0.05) is 13.8 Å². The Labute approximate surface area is 53.0 Å². The van der Waals surface area contributed by atoms with Crippen molar-refractivity contribution in [3.63, 3.8) is 0 Å². The molecule has 0 saturated carbocycles. The maximum Gasteiger partial charge on any atom is 0.317 e. The zero-order chi connectivity index (χ0) is 7.02. The second kappa shape index (κ2) is 1.83. The van der Waals surface area contributed by atoms with Crippen LogP contribution in [0.1, 0.15) is 13.8 Å². The van der Waals surface area contributed by atoms with E-state index in [0.717, 1.165) is 0 Å². The maximum absolute atomic E-state index is 10.6. The zero-order valence-electron chi connectivity index (χ0n) is 5.38. The Bertz CT molecular complexity index is 144. The predicted molar refractivity (Wildman–Crippen MR) is 29.4 cm³/mol. The molecule has 1 unspecified atom stereocenters. The molecule has 1 heterocycles. The van der Waals surface area contributed by atoms with E-state index >= 15 is 0 Å². The van der Waals surface area contributed by atoms with Gasteiger partial charge >= 0.3 is 11.9 Å². The number of hydrogen-bond acceptors (Lipinski definition) is 3. The summed E-state index contributed by atoms with van der Waals surface area (Å²) in [4.78, 5) is 21.1. The van der Waals surface area contributed by atoms with Crippen molar-refractivity contribution in [3.05, 3.63) is 0 Å². The van der Waals surface area contributed by atoms with E-state index in [1.54, 1.807) is 13.8 Å². The van der Waals surface area contributed by atoms with Crippen LogP contribution in [0.4, 0.5) is 0 Å². The summed E-state index contributed by atoms with van der Waals surface area (Å²) in [6.07, 6.45) is 0. The summed E-state index contributed by atoms with van der Waals surface area (Å²) in [7, 11) is 0. The third-order valence-corrected chi connectivity index (χ3v) is 1.69. The standard InChI is InChI=1S/C6H8O3/c1-3-4(2)6(8)9-5(3)7/h3-4H,1-2H3/t3-,4?/m0/s1. The lowest BCUT2D eigenvalue weighted by atomic mass is 10.00. The molecule has 1 rings (SSSR count). The highest BCUT2D eigenvalue weighted by molar-refractivity contribution is 5.95. The van der Waals surface area contributed by atoms with Crippen molar-refractivity contribution in [2.24, 2.45) is 11.8 Å². The van der Waals surface area contributed by atoms with Crippen LogP contribution in [0.2, 0.25) is 0 Å². The predicted octanol–water partition coefficient (Wildman–Crippen LogP) is 0.342. The summed E-state index contributed by atoms with van der Waals surface area (Å²) in [6, 6.07) is 0. The van der Waals surface area contributed by atoms with E-state index in [2.05, 4.69) is 4.74 Å². The summed E-state index contributed by atoms with van der Waals surface area (Å²) in [6.45, 7) is 3.38. The number of carbonyl (C=O) groups is 2. The van der Waals surface area contributed by atoms with Crippen molar-refractivity contribution in [1.82, 2.24) is 0 Å². The Morgan fingerprint density at radius 2 is 1.44 bits per heavy atom. The van der Waals surface area contributed by atoms with Crippen LogP contribution in [-0.2, 0) is 14.3 Å². The molecule has 9 heavy (non-hydrogen) atoms. The summed E-state index contributed by atoms with van der Waals surface area (Å²) >= 11 is 0. The van der Waals surface area contributed by atoms with Gasteiger partial charge in [-0.2, -0.15) is 0 Å². The first-order valence-electron chi connectivity index (χ1n) is 2.88. The molecule has 0 aromatic carbocycles. The SMILES string of the molecule is CC1C(=O)OC(=O)[C@H]1C. The van der Waals surface area contributed by atoms with Gasteiger partial charge in [0.2, 0.25) is 0 Å². The fourth-order valence-electron chi connectivity index (χ4n) is 0.693. The lowest BCUT2D eigenvalue weighted by molar-refractivity contribution is -0.153. The van der Waals surface area contributed by atoms with Crippen molar-refractivity contribution in [2.75, 3.05) is 0 Å². The Hall–Kier alpha value is -0.860. The van der Waals surface area contributed by atoms with E-state index in [1.807, 2.05) is 0 Å². The fourth-order valence-corrected chi connectivity index (χ4v) is 0.693.